The van der Waals surface area contributed by atoms with E-state index < -0.39 is 17.4 Å². The van der Waals surface area contributed by atoms with Crippen LogP contribution in [0, 0.1) is 6.92 Å². The lowest BCUT2D eigenvalue weighted by atomic mass is 10.2. The number of pyridine rings is 1. The van der Waals surface area contributed by atoms with E-state index in [0.717, 1.165) is 0 Å². The lowest BCUT2D eigenvalue weighted by Gasteiger charge is -2.04. The fraction of sp³-hybridized carbons (Fsp3) is 0.300. The van der Waals surface area contributed by atoms with E-state index in [0.29, 0.717) is 10.2 Å². The molecule has 0 unspecified atom stereocenters. The largest absolute Gasteiger partial charge is 0.481 e. The average Bonchev–Trinajstić information content (AvgIpc) is 2.22. The van der Waals surface area contributed by atoms with Crippen molar-refractivity contribution in [3.63, 3.8) is 0 Å². The second-order valence-electron chi connectivity index (χ2n) is 3.38. The van der Waals surface area contributed by atoms with Crippen molar-refractivity contribution in [3.05, 3.63) is 32.2 Å². The van der Waals surface area contributed by atoms with Crippen molar-refractivity contribution < 1.29 is 14.7 Å². The summed E-state index contributed by atoms with van der Waals surface area (Å²) in [7, 11) is 0. The van der Waals surface area contributed by atoms with Crippen LogP contribution in [0.25, 0.3) is 0 Å². The Morgan fingerprint density at radius 2 is 2.18 bits per heavy atom. The van der Waals surface area contributed by atoms with Gasteiger partial charge in [-0.05, 0) is 28.9 Å². The summed E-state index contributed by atoms with van der Waals surface area (Å²) in [6, 6.07) is 1.41. The number of rotatable bonds is 4. The van der Waals surface area contributed by atoms with Gasteiger partial charge in [-0.3, -0.25) is 14.4 Å². The molecule has 0 saturated heterocycles. The Morgan fingerprint density at radius 1 is 1.53 bits per heavy atom. The van der Waals surface area contributed by atoms with Gasteiger partial charge in [-0.1, -0.05) is 0 Å². The van der Waals surface area contributed by atoms with Crippen molar-refractivity contribution in [2.75, 3.05) is 6.54 Å². The molecule has 1 amide bonds. The molecular weight excluding hydrogens is 292 g/mol. The van der Waals surface area contributed by atoms with Crippen molar-refractivity contribution in [2.24, 2.45) is 0 Å². The zero-order chi connectivity index (χ0) is 13.0. The number of hydrogen-bond acceptors (Lipinski definition) is 3. The maximum absolute atomic E-state index is 11.6. The van der Waals surface area contributed by atoms with Crippen LogP contribution in [0.1, 0.15) is 22.5 Å². The number of aromatic nitrogens is 1. The molecule has 0 fully saturated rings. The normalized spacial score (nSPS) is 10.0. The molecule has 0 saturated carbocycles. The molecule has 1 heterocycles. The van der Waals surface area contributed by atoms with Crippen LogP contribution in [0.15, 0.2) is 15.3 Å². The van der Waals surface area contributed by atoms with Gasteiger partial charge in [0.2, 0.25) is 0 Å². The highest BCUT2D eigenvalue weighted by Gasteiger charge is 2.12. The van der Waals surface area contributed by atoms with Crippen molar-refractivity contribution >= 4 is 27.8 Å². The first-order chi connectivity index (χ1) is 7.91. The van der Waals surface area contributed by atoms with Crippen molar-refractivity contribution in [1.29, 1.82) is 0 Å². The predicted octanol–water partition coefficient (Wildman–Crippen LogP) is 0.650. The van der Waals surface area contributed by atoms with E-state index in [1.807, 2.05) is 0 Å². The van der Waals surface area contributed by atoms with Gasteiger partial charge in [0.05, 0.1) is 6.42 Å². The molecule has 6 nitrogen and oxygen atoms in total. The molecule has 0 aromatic carbocycles. The number of aromatic amines is 1. The fourth-order valence-corrected chi connectivity index (χ4v) is 1.47. The Bertz CT molecular complexity index is 510. The first-order valence-electron chi connectivity index (χ1n) is 4.81. The third kappa shape index (κ3) is 3.70. The van der Waals surface area contributed by atoms with Crippen molar-refractivity contribution in [3.8, 4) is 0 Å². The number of hydrogen-bond donors (Lipinski definition) is 3. The van der Waals surface area contributed by atoms with Gasteiger partial charge in [0.1, 0.15) is 5.56 Å². The molecule has 0 aliphatic rings. The Balaban J connectivity index is 2.79. The van der Waals surface area contributed by atoms with E-state index in [2.05, 4.69) is 26.2 Å². The molecular formula is C10H11BrN2O4. The summed E-state index contributed by atoms with van der Waals surface area (Å²) in [5.74, 6) is -1.60. The first kappa shape index (κ1) is 13.4. The number of carboxylic acid groups (broad SMARTS) is 1. The van der Waals surface area contributed by atoms with E-state index in [1.165, 1.54) is 6.07 Å². The maximum Gasteiger partial charge on any atom is 0.305 e. The van der Waals surface area contributed by atoms with Crippen LogP contribution in [-0.2, 0) is 4.79 Å². The smallest absolute Gasteiger partial charge is 0.305 e. The molecule has 1 aromatic heterocycles. The summed E-state index contributed by atoms with van der Waals surface area (Å²) in [5.41, 5.74) is 0.0727. The van der Waals surface area contributed by atoms with Gasteiger partial charge in [-0.15, -0.1) is 0 Å². The topological polar surface area (TPSA) is 99.3 Å². The molecule has 1 aromatic rings. The third-order valence-corrected chi connectivity index (χ3v) is 2.87. The van der Waals surface area contributed by atoms with E-state index in [-0.39, 0.29) is 18.5 Å². The molecule has 0 radical (unpaired) electrons. The van der Waals surface area contributed by atoms with E-state index >= 15 is 0 Å². The lowest BCUT2D eigenvalue weighted by Crippen LogP contribution is -2.31. The minimum Gasteiger partial charge on any atom is -0.481 e. The number of aryl methyl sites for hydroxylation is 1. The highest BCUT2D eigenvalue weighted by atomic mass is 79.9. The van der Waals surface area contributed by atoms with Crippen molar-refractivity contribution in [1.82, 2.24) is 10.3 Å². The van der Waals surface area contributed by atoms with Gasteiger partial charge < -0.3 is 15.4 Å². The Hall–Kier alpha value is -1.63. The number of halogens is 1. The van der Waals surface area contributed by atoms with Crippen LogP contribution in [0.2, 0.25) is 0 Å². The number of H-pyrrole nitrogens is 1. The SMILES string of the molecule is Cc1[nH]c(=O)c(C(=O)NCCC(=O)O)cc1Br. The van der Waals surface area contributed by atoms with E-state index in [1.54, 1.807) is 6.92 Å². The second-order valence-corrected chi connectivity index (χ2v) is 4.24. The lowest BCUT2D eigenvalue weighted by molar-refractivity contribution is -0.136. The van der Waals surface area contributed by atoms with Crippen LogP contribution in [0.3, 0.4) is 0 Å². The zero-order valence-electron chi connectivity index (χ0n) is 9.04. The van der Waals surface area contributed by atoms with Crippen LogP contribution in [-0.4, -0.2) is 28.5 Å². The van der Waals surface area contributed by atoms with Gasteiger partial charge >= 0.3 is 5.97 Å². The van der Waals surface area contributed by atoms with Crippen molar-refractivity contribution in [2.45, 2.75) is 13.3 Å². The number of aliphatic carboxylic acids is 1. The third-order valence-electron chi connectivity index (χ3n) is 2.04. The number of amides is 1. The second kappa shape index (κ2) is 5.62. The van der Waals surface area contributed by atoms with Crippen LogP contribution >= 0.6 is 15.9 Å². The standard InChI is InChI=1S/C10H11BrN2O4/c1-5-7(11)4-6(10(17)13-5)9(16)12-3-2-8(14)15/h4H,2-3H2,1H3,(H,12,16)(H,13,17)(H,14,15). The summed E-state index contributed by atoms with van der Waals surface area (Å²) >= 11 is 3.20. The summed E-state index contributed by atoms with van der Waals surface area (Å²) in [4.78, 5) is 35.8. The molecule has 17 heavy (non-hydrogen) atoms. The maximum atomic E-state index is 11.6. The number of carbonyl (C=O) groups excluding carboxylic acids is 1. The molecule has 92 valence electrons. The summed E-state index contributed by atoms with van der Waals surface area (Å²) in [6.45, 7) is 1.68. The Morgan fingerprint density at radius 3 is 2.76 bits per heavy atom. The zero-order valence-corrected chi connectivity index (χ0v) is 10.6. The highest BCUT2D eigenvalue weighted by molar-refractivity contribution is 9.10. The van der Waals surface area contributed by atoms with Crippen LogP contribution in [0.4, 0.5) is 0 Å². The number of carbonyl (C=O) groups is 2. The summed E-state index contributed by atoms with van der Waals surface area (Å²) < 4.78 is 0.612. The molecule has 1 rings (SSSR count). The molecule has 0 aliphatic heterocycles. The van der Waals surface area contributed by atoms with E-state index in [4.69, 9.17) is 5.11 Å². The molecule has 0 aliphatic carbocycles. The molecule has 3 N–H and O–H groups in total. The molecule has 0 bridgehead atoms. The van der Waals surface area contributed by atoms with Gasteiger partial charge in [0.15, 0.2) is 0 Å². The van der Waals surface area contributed by atoms with Gasteiger partial charge in [-0.2, -0.15) is 0 Å². The number of carboxylic acids is 1. The quantitative estimate of drug-likeness (QED) is 0.760. The number of nitrogens with one attached hydrogen (secondary N) is 2. The van der Waals surface area contributed by atoms with Crippen LogP contribution in [0.5, 0.6) is 0 Å². The minimum absolute atomic E-state index is 0.0148. The molecule has 7 heteroatoms. The minimum atomic E-state index is -1.01. The van der Waals surface area contributed by atoms with Gasteiger partial charge in [0, 0.05) is 16.7 Å². The Labute approximate surface area is 105 Å². The van der Waals surface area contributed by atoms with E-state index in [9.17, 15) is 14.4 Å². The predicted molar refractivity (Wildman–Crippen MR) is 64.1 cm³/mol. The molecule has 0 spiro atoms. The summed E-state index contributed by atoms with van der Waals surface area (Å²) in [5, 5.41) is 10.8. The highest BCUT2D eigenvalue weighted by Crippen LogP contribution is 2.12. The Kier molecular flexibility index (Phi) is 4.45. The first-order valence-corrected chi connectivity index (χ1v) is 5.60. The summed E-state index contributed by atoms with van der Waals surface area (Å²) in [6.07, 6.45) is -0.184. The van der Waals surface area contributed by atoms with Gasteiger partial charge in [-0.25, -0.2) is 0 Å². The van der Waals surface area contributed by atoms with Crippen LogP contribution < -0.4 is 10.9 Å². The fourth-order valence-electron chi connectivity index (χ4n) is 1.14. The average molecular weight is 303 g/mol. The molecule has 0 atom stereocenters. The van der Waals surface area contributed by atoms with Gasteiger partial charge in [0.25, 0.3) is 11.5 Å². The monoisotopic (exact) mass is 302 g/mol.